The number of hydrogen-bond donors (Lipinski definition) is 4. The summed E-state index contributed by atoms with van der Waals surface area (Å²) < 4.78 is 0. The van der Waals surface area contributed by atoms with E-state index in [1.54, 1.807) is 0 Å². The molecule has 2 rings (SSSR count). The highest BCUT2D eigenvalue weighted by Gasteiger charge is 2.33. The molecule has 0 spiro atoms. The van der Waals surface area contributed by atoms with Crippen LogP contribution in [0.3, 0.4) is 0 Å². The van der Waals surface area contributed by atoms with E-state index < -0.39 is 24.9 Å². The molecule has 0 bridgehead atoms. The number of aliphatic hydroxyl groups is 3. The fraction of sp³-hybridized carbons (Fsp3) is 0.696. The van der Waals surface area contributed by atoms with E-state index >= 15 is 0 Å². The maximum absolute atomic E-state index is 11.4. The first-order valence-corrected chi connectivity index (χ1v) is 10.7. The molecule has 0 saturated carbocycles. The fourth-order valence-corrected chi connectivity index (χ4v) is 4.33. The van der Waals surface area contributed by atoms with Crippen LogP contribution in [-0.2, 0) is 17.6 Å². The summed E-state index contributed by atoms with van der Waals surface area (Å²) in [6, 6.07) is 6.11. The Kier molecular flexibility index (Phi) is 8.93. The predicted octanol–water partition coefficient (Wildman–Crippen LogP) is 3.04. The molecule has 0 fully saturated rings. The van der Waals surface area contributed by atoms with Gasteiger partial charge in [-0.25, -0.2) is 0 Å². The van der Waals surface area contributed by atoms with Crippen LogP contribution >= 0.6 is 0 Å². The van der Waals surface area contributed by atoms with Crippen molar-refractivity contribution in [2.75, 3.05) is 13.2 Å². The van der Waals surface area contributed by atoms with Crippen molar-refractivity contribution >= 4 is 5.91 Å². The molecule has 0 radical (unpaired) electrons. The molecular weight excluding hydrogens is 354 g/mol. The molecule has 0 aromatic heterocycles. The summed E-state index contributed by atoms with van der Waals surface area (Å²) in [7, 11) is 0. The van der Waals surface area contributed by atoms with Gasteiger partial charge in [-0.3, -0.25) is 4.79 Å². The summed E-state index contributed by atoms with van der Waals surface area (Å²) in [6.45, 7) is 2.73. The Morgan fingerprint density at radius 2 is 1.96 bits per heavy atom. The highest BCUT2D eigenvalue weighted by molar-refractivity contribution is 5.73. The number of aryl methyl sites for hydroxylation is 1. The second kappa shape index (κ2) is 10.9. The van der Waals surface area contributed by atoms with Crippen molar-refractivity contribution < 1.29 is 20.1 Å². The van der Waals surface area contributed by atoms with E-state index in [1.807, 2.05) is 6.07 Å². The molecule has 1 aromatic rings. The lowest BCUT2D eigenvalue weighted by molar-refractivity contribution is -0.122. The number of unbranched alkanes of at least 4 members (excludes halogenated alkanes) is 3. The first-order valence-electron chi connectivity index (χ1n) is 10.7. The third-order valence-corrected chi connectivity index (χ3v) is 6.04. The van der Waals surface area contributed by atoms with Crippen LogP contribution in [0.4, 0.5) is 0 Å². The molecule has 0 saturated heterocycles. The number of hydrogen-bond acceptors (Lipinski definition) is 4. The van der Waals surface area contributed by atoms with Crippen LogP contribution in [0.1, 0.15) is 81.6 Å². The number of nitrogens with one attached hydrogen (secondary N) is 1. The Labute approximate surface area is 169 Å². The Morgan fingerprint density at radius 3 is 2.61 bits per heavy atom. The van der Waals surface area contributed by atoms with Gasteiger partial charge in [0.15, 0.2) is 0 Å². The second-order valence-corrected chi connectivity index (χ2v) is 8.48. The zero-order valence-corrected chi connectivity index (χ0v) is 17.4. The van der Waals surface area contributed by atoms with Gasteiger partial charge >= 0.3 is 0 Å². The topological polar surface area (TPSA) is 89.8 Å². The quantitative estimate of drug-likeness (QED) is 0.437. The van der Waals surface area contributed by atoms with E-state index in [0.717, 1.165) is 24.3 Å². The number of carbonyl (C=O) groups excluding carboxylic acids is 1. The zero-order chi connectivity index (χ0) is 20.6. The lowest BCUT2D eigenvalue weighted by Gasteiger charge is -2.33. The van der Waals surface area contributed by atoms with Crippen molar-refractivity contribution in [3.63, 3.8) is 0 Å². The third-order valence-electron chi connectivity index (χ3n) is 6.04. The molecule has 28 heavy (non-hydrogen) atoms. The first-order chi connectivity index (χ1) is 13.4. The van der Waals surface area contributed by atoms with Gasteiger partial charge in [-0.15, -0.1) is 0 Å². The Bertz CT molecular complexity index is 627. The van der Waals surface area contributed by atoms with Gasteiger partial charge in [-0.1, -0.05) is 57.2 Å². The van der Waals surface area contributed by atoms with Crippen molar-refractivity contribution in [1.29, 1.82) is 0 Å². The van der Waals surface area contributed by atoms with Gasteiger partial charge in [0.05, 0.1) is 24.9 Å². The first kappa shape index (κ1) is 22.9. The van der Waals surface area contributed by atoms with Gasteiger partial charge in [0, 0.05) is 13.3 Å². The molecule has 4 N–H and O–H groups in total. The van der Waals surface area contributed by atoms with Gasteiger partial charge in [0.1, 0.15) is 0 Å². The smallest absolute Gasteiger partial charge is 0.217 e. The SMILES string of the molecule is CCCCCCC1CCc2cc(C(O)CC(CO)(CO)NC(C)=O)ccc2C1. The van der Waals surface area contributed by atoms with E-state index in [2.05, 4.69) is 24.4 Å². The number of amides is 1. The largest absolute Gasteiger partial charge is 0.394 e. The summed E-state index contributed by atoms with van der Waals surface area (Å²) in [5.41, 5.74) is 2.22. The molecule has 1 aliphatic carbocycles. The Morgan fingerprint density at radius 1 is 1.21 bits per heavy atom. The molecule has 5 heteroatoms. The van der Waals surface area contributed by atoms with Gasteiger partial charge in [-0.2, -0.15) is 0 Å². The van der Waals surface area contributed by atoms with E-state index in [4.69, 9.17) is 0 Å². The lowest BCUT2D eigenvalue weighted by Crippen LogP contribution is -2.54. The molecule has 0 heterocycles. The van der Waals surface area contributed by atoms with Gasteiger partial charge in [-0.05, 0) is 41.9 Å². The molecule has 5 nitrogen and oxygen atoms in total. The van der Waals surface area contributed by atoms with Crippen molar-refractivity contribution in [2.24, 2.45) is 5.92 Å². The van der Waals surface area contributed by atoms with Crippen LogP contribution in [-0.4, -0.2) is 40.0 Å². The minimum absolute atomic E-state index is 0.0679. The number of carbonyl (C=O) groups is 1. The van der Waals surface area contributed by atoms with Gasteiger partial charge in [0.25, 0.3) is 0 Å². The molecular formula is C23H37NO4. The van der Waals surface area contributed by atoms with Crippen LogP contribution in [0, 0.1) is 5.92 Å². The van der Waals surface area contributed by atoms with Crippen LogP contribution < -0.4 is 5.32 Å². The van der Waals surface area contributed by atoms with Crippen LogP contribution in [0.5, 0.6) is 0 Å². The maximum atomic E-state index is 11.4. The van der Waals surface area contributed by atoms with Gasteiger partial charge < -0.3 is 20.6 Å². The highest BCUT2D eigenvalue weighted by atomic mass is 16.3. The average molecular weight is 392 g/mol. The molecule has 158 valence electrons. The molecule has 1 amide bonds. The minimum atomic E-state index is -1.22. The molecule has 1 aromatic carbocycles. The van der Waals surface area contributed by atoms with Crippen molar-refractivity contribution in [2.45, 2.75) is 83.3 Å². The zero-order valence-electron chi connectivity index (χ0n) is 17.4. The van der Waals surface area contributed by atoms with Crippen LogP contribution in [0.25, 0.3) is 0 Å². The summed E-state index contributed by atoms with van der Waals surface area (Å²) in [5.74, 6) is 0.419. The highest BCUT2D eigenvalue weighted by Crippen LogP contribution is 2.32. The molecule has 1 aliphatic rings. The summed E-state index contributed by atoms with van der Waals surface area (Å²) in [4.78, 5) is 11.4. The number of fused-ring (bicyclic) bond motifs is 1. The van der Waals surface area contributed by atoms with E-state index in [-0.39, 0.29) is 12.3 Å². The van der Waals surface area contributed by atoms with Gasteiger partial charge in [0.2, 0.25) is 5.91 Å². The van der Waals surface area contributed by atoms with E-state index in [9.17, 15) is 20.1 Å². The minimum Gasteiger partial charge on any atom is -0.394 e. The Balaban J connectivity index is 2.00. The third kappa shape index (κ3) is 6.29. The summed E-state index contributed by atoms with van der Waals surface area (Å²) in [5, 5.41) is 32.6. The maximum Gasteiger partial charge on any atom is 0.217 e. The monoisotopic (exact) mass is 391 g/mol. The van der Waals surface area contributed by atoms with E-state index in [1.165, 1.54) is 56.6 Å². The molecule has 2 atom stereocenters. The summed E-state index contributed by atoms with van der Waals surface area (Å²) in [6.07, 6.45) is 9.10. The van der Waals surface area contributed by atoms with Crippen molar-refractivity contribution in [3.8, 4) is 0 Å². The standard InChI is InChI=1S/C23H37NO4/c1-3-4-5-6-7-18-8-9-20-13-21(11-10-19(20)12-18)22(28)14-23(15-25,16-26)24-17(2)27/h10-11,13,18,22,25-26,28H,3-9,12,14-16H2,1-2H3,(H,24,27). The molecule has 0 aliphatic heterocycles. The number of rotatable bonds is 11. The normalized spacial score (nSPS) is 17.8. The number of benzene rings is 1. The van der Waals surface area contributed by atoms with Crippen LogP contribution in [0.15, 0.2) is 18.2 Å². The van der Waals surface area contributed by atoms with Crippen LogP contribution in [0.2, 0.25) is 0 Å². The average Bonchev–Trinajstić information content (AvgIpc) is 2.69. The Hall–Kier alpha value is -1.43. The molecule has 2 unspecified atom stereocenters. The second-order valence-electron chi connectivity index (χ2n) is 8.48. The fourth-order valence-electron chi connectivity index (χ4n) is 4.33. The van der Waals surface area contributed by atoms with E-state index in [0.29, 0.717) is 0 Å². The number of aliphatic hydroxyl groups excluding tert-OH is 3. The predicted molar refractivity (Wildman–Crippen MR) is 111 cm³/mol. The van der Waals surface area contributed by atoms with Crippen molar-refractivity contribution in [3.05, 3.63) is 34.9 Å². The summed E-state index contributed by atoms with van der Waals surface area (Å²) >= 11 is 0. The lowest BCUT2D eigenvalue weighted by atomic mass is 9.80. The van der Waals surface area contributed by atoms with Crippen molar-refractivity contribution in [1.82, 2.24) is 5.32 Å².